The average molecular weight is 325 g/mol. The molecule has 1 aliphatic rings. The van der Waals surface area contributed by atoms with Gasteiger partial charge in [0, 0.05) is 19.1 Å². The van der Waals surface area contributed by atoms with Crippen molar-refractivity contribution in [2.45, 2.75) is 84.0 Å². The molecular formula is C19H36N2O2. The van der Waals surface area contributed by atoms with Crippen LogP contribution in [0, 0.1) is 5.41 Å². The van der Waals surface area contributed by atoms with Crippen LogP contribution in [-0.2, 0) is 4.74 Å². The molecule has 0 aromatic carbocycles. The molecule has 134 valence electrons. The molecule has 3 atom stereocenters. The van der Waals surface area contributed by atoms with Gasteiger partial charge in [-0.25, -0.2) is 0 Å². The van der Waals surface area contributed by atoms with E-state index >= 15 is 0 Å². The number of methoxy groups -OCH3 is 1. The quantitative estimate of drug-likeness (QED) is 0.488. The van der Waals surface area contributed by atoms with Gasteiger partial charge >= 0.3 is 0 Å². The second-order valence-electron chi connectivity index (χ2n) is 6.97. The Morgan fingerprint density at radius 2 is 2.04 bits per heavy atom. The van der Waals surface area contributed by atoms with E-state index < -0.39 is 6.10 Å². The van der Waals surface area contributed by atoms with E-state index in [0.717, 1.165) is 45.1 Å². The van der Waals surface area contributed by atoms with Crippen molar-refractivity contribution in [2.24, 2.45) is 10.5 Å². The highest BCUT2D eigenvalue weighted by atomic mass is 16.5. The highest BCUT2D eigenvalue weighted by Crippen LogP contribution is 2.35. The smallest absolute Gasteiger partial charge is 0.0996 e. The fraction of sp³-hybridized carbons (Fsp3) is 0.842. The zero-order chi connectivity index (χ0) is 17.5. The Morgan fingerprint density at radius 1 is 1.39 bits per heavy atom. The summed E-state index contributed by atoms with van der Waals surface area (Å²) in [6.07, 6.45) is 9.01. The summed E-state index contributed by atoms with van der Waals surface area (Å²) in [4.78, 5) is 0. The molecular weight excluding hydrogens is 288 g/mol. The first-order valence-corrected chi connectivity index (χ1v) is 9.10. The van der Waals surface area contributed by atoms with Crippen LogP contribution in [0.1, 0.15) is 66.2 Å². The maximum Gasteiger partial charge on any atom is 0.0996 e. The summed E-state index contributed by atoms with van der Waals surface area (Å²) < 4.78 is 5.89. The van der Waals surface area contributed by atoms with Crippen LogP contribution in [0.3, 0.4) is 0 Å². The van der Waals surface area contributed by atoms with Crippen molar-refractivity contribution in [2.75, 3.05) is 13.7 Å². The molecule has 1 heterocycles. The average Bonchev–Trinajstić information content (AvgIpc) is 3.04. The van der Waals surface area contributed by atoms with E-state index in [4.69, 9.17) is 4.74 Å². The monoisotopic (exact) mass is 324 g/mol. The van der Waals surface area contributed by atoms with Crippen molar-refractivity contribution in [3.63, 3.8) is 0 Å². The molecule has 0 aromatic heterocycles. The largest absolute Gasteiger partial charge is 0.386 e. The number of hydrogen-bond acceptors (Lipinski definition) is 4. The lowest BCUT2D eigenvalue weighted by Crippen LogP contribution is -2.49. The normalized spacial score (nSPS) is 23.2. The zero-order valence-corrected chi connectivity index (χ0v) is 15.7. The SMILES string of the molecule is C=C[C@](C)(CCC)[C@@H](O)/C=N/N1CCC[C@H]1C(CC)(CC)OC. The molecule has 0 bridgehead atoms. The third-order valence-electron chi connectivity index (χ3n) is 5.72. The zero-order valence-electron chi connectivity index (χ0n) is 15.7. The lowest BCUT2D eigenvalue weighted by Gasteiger charge is -2.40. The minimum absolute atomic E-state index is 0.149. The molecule has 0 aliphatic carbocycles. The first-order chi connectivity index (χ1) is 10.9. The van der Waals surface area contributed by atoms with Gasteiger partial charge in [0.2, 0.25) is 0 Å². The maximum absolute atomic E-state index is 10.5. The molecule has 0 saturated carbocycles. The van der Waals surface area contributed by atoms with E-state index in [9.17, 15) is 5.11 Å². The summed E-state index contributed by atoms with van der Waals surface area (Å²) in [5.74, 6) is 0. The Labute approximate surface area is 142 Å². The van der Waals surface area contributed by atoms with Crippen LogP contribution in [0.2, 0.25) is 0 Å². The third-order valence-corrected chi connectivity index (χ3v) is 5.72. The highest BCUT2D eigenvalue weighted by Gasteiger charge is 2.42. The predicted molar refractivity (Wildman–Crippen MR) is 97.8 cm³/mol. The number of nitrogens with zero attached hydrogens (tertiary/aromatic N) is 2. The highest BCUT2D eigenvalue weighted by molar-refractivity contribution is 5.64. The molecule has 1 N–H and O–H groups in total. The van der Waals surface area contributed by atoms with E-state index in [1.165, 1.54) is 0 Å². The second-order valence-corrected chi connectivity index (χ2v) is 6.97. The number of aliphatic hydroxyl groups excluding tert-OH is 1. The third kappa shape index (κ3) is 4.36. The lowest BCUT2D eigenvalue weighted by atomic mass is 9.80. The fourth-order valence-electron chi connectivity index (χ4n) is 3.80. The molecule has 4 nitrogen and oxygen atoms in total. The molecule has 1 fully saturated rings. The molecule has 0 spiro atoms. The van der Waals surface area contributed by atoms with E-state index in [0.29, 0.717) is 0 Å². The summed E-state index contributed by atoms with van der Waals surface area (Å²) in [7, 11) is 1.80. The van der Waals surface area contributed by atoms with Crippen LogP contribution in [0.15, 0.2) is 17.8 Å². The summed E-state index contributed by atoms with van der Waals surface area (Å²) in [5, 5.41) is 17.3. The Kier molecular flexibility index (Phi) is 7.75. The Morgan fingerprint density at radius 3 is 2.52 bits per heavy atom. The van der Waals surface area contributed by atoms with Crippen molar-refractivity contribution in [3.8, 4) is 0 Å². The Balaban J connectivity index is 2.87. The molecule has 1 rings (SSSR count). The number of aliphatic hydroxyl groups is 1. The van der Waals surface area contributed by atoms with Crippen LogP contribution in [0.4, 0.5) is 0 Å². The topological polar surface area (TPSA) is 45.1 Å². The van der Waals surface area contributed by atoms with Gasteiger partial charge in [0.15, 0.2) is 0 Å². The fourth-order valence-corrected chi connectivity index (χ4v) is 3.80. The van der Waals surface area contributed by atoms with Crippen LogP contribution < -0.4 is 0 Å². The van der Waals surface area contributed by atoms with Gasteiger partial charge < -0.3 is 9.84 Å². The summed E-state index contributed by atoms with van der Waals surface area (Å²) >= 11 is 0. The lowest BCUT2D eigenvalue weighted by molar-refractivity contribution is -0.0733. The molecule has 0 amide bonds. The van der Waals surface area contributed by atoms with Gasteiger partial charge in [-0.05, 0) is 32.1 Å². The van der Waals surface area contributed by atoms with Crippen LogP contribution in [-0.4, -0.2) is 47.7 Å². The van der Waals surface area contributed by atoms with Gasteiger partial charge in [0.05, 0.1) is 24.0 Å². The summed E-state index contributed by atoms with van der Waals surface area (Å²) in [6, 6.07) is 0.284. The van der Waals surface area contributed by atoms with Crippen LogP contribution >= 0.6 is 0 Å². The molecule has 23 heavy (non-hydrogen) atoms. The molecule has 0 unspecified atom stereocenters. The first kappa shape index (κ1) is 20.2. The van der Waals surface area contributed by atoms with E-state index in [-0.39, 0.29) is 17.1 Å². The minimum Gasteiger partial charge on any atom is -0.386 e. The summed E-state index contributed by atoms with van der Waals surface area (Å²) in [5.41, 5.74) is -0.467. The molecule has 0 aromatic rings. The van der Waals surface area contributed by atoms with E-state index in [1.54, 1.807) is 13.3 Å². The number of rotatable bonds is 10. The molecule has 4 heteroatoms. The second kappa shape index (κ2) is 8.84. The van der Waals surface area contributed by atoms with Gasteiger partial charge in [0.25, 0.3) is 0 Å². The molecule has 0 radical (unpaired) electrons. The van der Waals surface area contributed by atoms with Gasteiger partial charge in [0.1, 0.15) is 0 Å². The van der Waals surface area contributed by atoms with Crippen molar-refractivity contribution in [1.82, 2.24) is 5.01 Å². The number of ether oxygens (including phenoxy) is 1. The number of hydrazone groups is 1. The Hall–Kier alpha value is -0.870. The van der Waals surface area contributed by atoms with Crippen molar-refractivity contribution < 1.29 is 9.84 Å². The van der Waals surface area contributed by atoms with Crippen molar-refractivity contribution in [3.05, 3.63) is 12.7 Å². The van der Waals surface area contributed by atoms with Crippen LogP contribution in [0.25, 0.3) is 0 Å². The summed E-state index contributed by atoms with van der Waals surface area (Å²) in [6.45, 7) is 13.3. The Bertz CT molecular complexity index is 385. The standard InChI is InChI=1S/C19H36N2O2/c1-7-13-18(5,8-2)17(22)15-20-21-14-11-12-16(21)19(9-3,10-4)23-6/h8,15-17,22H,2,7,9-14H2,1,3-6H3/b20-15+/t16-,17-,18+/m0/s1. The maximum atomic E-state index is 10.5. The molecule has 1 aliphatic heterocycles. The molecule has 1 saturated heterocycles. The van der Waals surface area contributed by atoms with Gasteiger partial charge in [-0.3, -0.25) is 5.01 Å². The van der Waals surface area contributed by atoms with E-state index in [1.807, 2.05) is 13.0 Å². The first-order valence-electron chi connectivity index (χ1n) is 9.10. The number of hydrogen-bond donors (Lipinski definition) is 1. The van der Waals surface area contributed by atoms with Gasteiger partial charge in [-0.15, -0.1) is 6.58 Å². The van der Waals surface area contributed by atoms with Gasteiger partial charge in [-0.2, -0.15) is 5.10 Å². The van der Waals surface area contributed by atoms with Crippen molar-refractivity contribution >= 4 is 6.21 Å². The van der Waals surface area contributed by atoms with Gasteiger partial charge in [-0.1, -0.05) is 40.2 Å². The predicted octanol–water partition coefficient (Wildman–Crippen LogP) is 4.00. The van der Waals surface area contributed by atoms with Crippen molar-refractivity contribution in [1.29, 1.82) is 0 Å². The van der Waals surface area contributed by atoms with E-state index in [2.05, 4.69) is 37.5 Å². The van der Waals surface area contributed by atoms with Crippen LogP contribution in [0.5, 0.6) is 0 Å². The minimum atomic E-state index is -0.610.